The molecule has 7 heteroatoms. The van der Waals surface area contributed by atoms with Crippen LogP contribution in [0.15, 0.2) is 4.99 Å². The Morgan fingerprint density at radius 3 is 2.30 bits per heavy atom. The zero-order valence-corrected chi connectivity index (χ0v) is 22.2. The zero-order valence-electron chi connectivity index (χ0n) is 19.9. The Morgan fingerprint density at radius 2 is 1.67 bits per heavy atom. The van der Waals surface area contributed by atoms with Crippen molar-refractivity contribution in [3.8, 4) is 0 Å². The molecule has 0 bridgehead atoms. The molecular formula is C23H48IN5O. The normalized spacial score (nSPS) is 20.2. The number of unbranched alkanes of at least 4 members (excludes halogenated alkanes) is 1. The monoisotopic (exact) mass is 537 g/mol. The lowest BCUT2D eigenvalue weighted by molar-refractivity contribution is 0.107. The quantitative estimate of drug-likeness (QED) is 0.163. The van der Waals surface area contributed by atoms with E-state index in [1.807, 2.05) is 0 Å². The Hall–Kier alpha value is -0.120. The summed E-state index contributed by atoms with van der Waals surface area (Å²) in [6.07, 6.45) is 8.90. The van der Waals surface area contributed by atoms with Gasteiger partial charge in [0, 0.05) is 59.0 Å². The largest absolute Gasteiger partial charge is 0.382 e. The number of hydrogen-bond donors (Lipinski definition) is 2. The number of piperazine rings is 1. The van der Waals surface area contributed by atoms with Crippen LogP contribution < -0.4 is 10.6 Å². The third kappa shape index (κ3) is 10.5. The summed E-state index contributed by atoms with van der Waals surface area (Å²) >= 11 is 0. The van der Waals surface area contributed by atoms with Crippen molar-refractivity contribution >= 4 is 29.9 Å². The van der Waals surface area contributed by atoms with E-state index in [4.69, 9.17) is 9.73 Å². The Bertz CT molecular complexity index is 449. The van der Waals surface area contributed by atoms with Gasteiger partial charge in [-0.25, -0.2) is 0 Å². The van der Waals surface area contributed by atoms with E-state index in [0.717, 1.165) is 45.2 Å². The molecule has 0 aromatic heterocycles. The Morgan fingerprint density at radius 1 is 0.967 bits per heavy atom. The van der Waals surface area contributed by atoms with Crippen LogP contribution in [0.2, 0.25) is 0 Å². The van der Waals surface area contributed by atoms with Crippen LogP contribution in [0.25, 0.3) is 0 Å². The maximum absolute atomic E-state index is 5.64. The van der Waals surface area contributed by atoms with Crippen molar-refractivity contribution in [1.29, 1.82) is 0 Å². The number of guanidine groups is 1. The summed E-state index contributed by atoms with van der Waals surface area (Å²) in [4.78, 5) is 10.1. The molecule has 0 atom stereocenters. The van der Waals surface area contributed by atoms with E-state index in [-0.39, 0.29) is 24.0 Å². The Labute approximate surface area is 203 Å². The third-order valence-corrected chi connectivity index (χ3v) is 6.67. The molecular weight excluding hydrogens is 489 g/mol. The maximum atomic E-state index is 5.64. The van der Waals surface area contributed by atoms with Crippen LogP contribution in [0.3, 0.4) is 0 Å². The number of hydrogen-bond acceptors (Lipinski definition) is 4. The van der Waals surface area contributed by atoms with Crippen molar-refractivity contribution in [2.24, 2.45) is 10.4 Å². The topological polar surface area (TPSA) is 52.1 Å². The number of rotatable bonds is 13. The van der Waals surface area contributed by atoms with E-state index in [9.17, 15) is 0 Å². The molecule has 0 unspecified atom stereocenters. The van der Waals surface area contributed by atoms with E-state index in [1.165, 1.54) is 77.8 Å². The van der Waals surface area contributed by atoms with Gasteiger partial charge in [0.15, 0.2) is 5.96 Å². The van der Waals surface area contributed by atoms with Crippen LogP contribution in [-0.2, 0) is 4.74 Å². The van der Waals surface area contributed by atoms with Crippen molar-refractivity contribution in [3.05, 3.63) is 0 Å². The van der Waals surface area contributed by atoms with Crippen LogP contribution in [0, 0.1) is 5.41 Å². The highest BCUT2D eigenvalue weighted by Gasteiger charge is 2.33. The van der Waals surface area contributed by atoms with Gasteiger partial charge in [0.25, 0.3) is 0 Å². The van der Waals surface area contributed by atoms with Crippen molar-refractivity contribution < 1.29 is 4.74 Å². The number of halogens is 1. The summed E-state index contributed by atoms with van der Waals surface area (Å²) in [6.45, 7) is 18.4. The number of ether oxygens (including phenoxy) is 1. The molecule has 2 fully saturated rings. The van der Waals surface area contributed by atoms with Crippen molar-refractivity contribution in [2.45, 2.75) is 65.7 Å². The lowest BCUT2D eigenvalue weighted by atomic mass is 9.83. The van der Waals surface area contributed by atoms with Gasteiger partial charge < -0.3 is 25.2 Å². The average molecular weight is 538 g/mol. The maximum Gasteiger partial charge on any atom is 0.191 e. The van der Waals surface area contributed by atoms with Crippen LogP contribution >= 0.6 is 24.0 Å². The fourth-order valence-electron chi connectivity index (χ4n) is 4.63. The molecule has 1 saturated carbocycles. The number of aliphatic imine (C=N–C) groups is 1. The first-order valence-electron chi connectivity index (χ1n) is 12.3. The highest BCUT2D eigenvalue weighted by molar-refractivity contribution is 14.0. The fraction of sp³-hybridized carbons (Fsp3) is 0.957. The molecule has 0 spiro atoms. The first kappa shape index (κ1) is 27.9. The SMILES string of the molecule is CCNC(=NCC1(CCOCC)CCCC1)NCCCCN1CCN(CC)CC1.I. The smallest absolute Gasteiger partial charge is 0.191 e. The fourth-order valence-corrected chi connectivity index (χ4v) is 4.63. The predicted molar refractivity (Wildman–Crippen MR) is 139 cm³/mol. The molecule has 0 aromatic rings. The van der Waals surface area contributed by atoms with Gasteiger partial charge in [-0.15, -0.1) is 24.0 Å². The number of nitrogens with zero attached hydrogens (tertiary/aromatic N) is 3. The van der Waals surface area contributed by atoms with Crippen molar-refractivity contribution in [3.63, 3.8) is 0 Å². The van der Waals surface area contributed by atoms with E-state index >= 15 is 0 Å². The predicted octanol–water partition coefficient (Wildman–Crippen LogP) is 3.56. The van der Waals surface area contributed by atoms with E-state index in [2.05, 4.69) is 41.2 Å². The molecule has 1 aliphatic heterocycles. The molecule has 2 aliphatic rings. The van der Waals surface area contributed by atoms with Crippen LogP contribution in [0.1, 0.15) is 65.7 Å². The highest BCUT2D eigenvalue weighted by atomic mass is 127. The second-order valence-corrected chi connectivity index (χ2v) is 8.76. The molecule has 1 saturated heterocycles. The van der Waals surface area contributed by atoms with Gasteiger partial charge in [-0.05, 0) is 64.5 Å². The third-order valence-electron chi connectivity index (χ3n) is 6.67. The molecule has 1 heterocycles. The minimum Gasteiger partial charge on any atom is -0.382 e. The van der Waals surface area contributed by atoms with Gasteiger partial charge in [-0.1, -0.05) is 19.8 Å². The summed E-state index contributed by atoms with van der Waals surface area (Å²) in [5.41, 5.74) is 0.359. The van der Waals surface area contributed by atoms with Gasteiger partial charge >= 0.3 is 0 Å². The van der Waals surface area contributed by atoms with Gasteiger partial charge in [0.2, 0.25) is 0 Å². The molecule has 0 radical (unpaired) electrons. The van der Waals surface area contributed by atoms with Gasteiger partial charge in [-0.3, -0.25) is 4.99 Å². The van der Waals surface area contributed by atoms with Crippen LogP contribution in [0.4, 0.5) is 0 Å². The lowest BCUT2D eigenvalue weighted by Crippen LogP contribution is -2.46. The molecule has 2 rings (SSSR count). The first-order valence-corrected chi connectivity index (χ1v) is 12.3. The first-order chi connectivity index (χ1) is 14.2. The van der Waals surface area contributed by atoms with Crippen molar-refractivity contribution in [2.75, 3.05) is 72.1 Å². The van der Waals surface area contributed by atoms with Crippen LogP contribution in [-0.4, -0.2) is 87.9 Å². The zero-order chi connectivity index (χ0) is 20.8. The minimum atomic E-state index is 0. The summed E-state index contributed by atoms with van der Waals surface area (Å²) in [6, 6.07) is 0. The Balaban J connectivity index is 0.00000450. The lowest BCUT2D eigenvalue weighted by Gasteiger charge is -2.34. The van der Waals surface area contributed by atoms with Crippen LogP contribution in [0.5, 0.6) is 0 Å². The van der Waals surface area contributed by atoms with E-state index < -0.39 is 0 Å². The van der Waals surface area contributed by atoms with Crippen molar-refractivity contribution in [1.82, 2.24) is 20.4 Å². The number of nitrogens with one attached hydrogen (secondary N) is 2. The molecule has 178 valence electrons. The molecule has 6 nitrogen and oxygen atoms in total. The molecule has 0 amide bonds. The molecule has 2 N–H and O–H groups in total. The summed E-state index contributed by atoms with van der Waals surface area (Å²) in [7, 11) is 0. The van der Waals surface area contributed by atoms with Gasteiger partial charge in [0.05, 0.1) is 0 Å². The van der Waals surface area contributed by atoms with E-state index in [0.29, 0.717) is 5.41 Å². The number of likely N-dealkylation sites (N-methyl/N-ethyl adjacent to an activating group) is 1. The minimum absolute atomic E-state index is 0. The second-order valence-electron chi connectivity index (χ2n) is 8.76. The summed E-state index contributed by atoms with van der Waals surface area (Å²) in [5.74, 6) is 0.992. The second kappa shape index (κ2) is 16.5. The molecule has 1 aliphatic carbocycles. The average Bonchev–Trinajstić information content (AvgIpc) is 3.21. The summed E-state index contributed by atoms with van der Waals surface area (Å²) in [5, 5.41) is 7.00. The summed E-state index contributed by atoms with van der Waals surface area (Å²) < 4.78 is 5.64. The highest BCUT2D eigenvalue weighted by Crippen LogP contribution is 2.41. The Kier molecular flexibility index (Phi) is 15.4. The molecule has 0 aromatic carbocycles. The molecule has 30 heavy (non-hydrogen) atoms. The standard InChI is InChI=1S/C23H47N5O.HI/c1-4-24-22(26-21-23(11-7-8-12-23)13-20-29-6-3)25-14-9-10-15-28-18-16-27(5-2)17-19-28;/h4-21H2,1-3H3,(H2,24,25,26);1H. The van der Waals surface area contributed by atoms with Gasteiger partial charge in [-0.2, -0.15) is 0 Å². The van der Waals surface area contributed by atoms with Gasteiger partial charge in [0.1, 0.15) is 0 Å². The van der Waals surface area contributed by atoms with E-state index in [1.54, 1.807) is 0 Å².